The molecule has 0 saturated carbocycles. The summed E-state index contributed by atoms with van der Waals surface area (Å²) in [4.78, 5) is 8.92. The largest absolute Gasteiger partial charge is 0.394 e. The summed E-state index contributed by atoms with van der Waals surface area (Å²) in [7, 11) is -2.28. The normalized spacial score (nSPS) is 42.3. The van der Waals surface area contributed by atoms with E-state index >= 15 is 0 Å². The van der Waals surface area contributed by atoms with Crippen LogP contribution in [0.3, 0.4) is 0 Å². The Bertz CT molecular complexity index is 246. The standard InChI is InChI=1S/C6H13BFO5P/c1-14(10,11)13-5-3(2-9)12-6(7)4(5)8/h3-6,9H,2,7H2,1H3,(H,10,11). The number of hydrogen-bond acceptors (Lipinski definition) is 4. The molecule has 0 aromatic rings. The Morgan fingerprint density at radius 3 is 2.71 bits per heavy atom. The predicted octanol–water partition coefficient (Wildman–Crippen LogP) is -1.12. The number of aliphatic hydroxyl groups excluding tert-OH is 1. The van der Waals surface area contributed by atoms with Gasteiger partial charge in [0.15, 0.2) is 0 Å². The van der Waals surface area contributed by atoms with Crippen LogP contribution in [0.15, 0.2) is 0 Å². The Kier molecular flexibility index (Phi) is 3.72. The molecule has 8 heteroatoms. The van der Waals surface area contributed by atoms with Gasteiger partial charge in [0.2, 0.25) is 0 Å². The molecule has 5 unspecified atom stereocenters. The summed E-state index contributed by atoms with van der Waals surface area (Å²) in [6.45, 7) is 0.534. The van der Waals surface area contributed by atoms with Gasteiger partial charge >= 0.3 is 7.60 Å². The van der Waals surface area contributed by atoms with Gasteiger partial charge in [-0.05, 0) is 0 Å². The molecule has 1 rings (SSSR count). The van der Waals surface area contributed by atoms with Gasteiger partial charge in [-0.2, -0.15) is 0 Å². The smallest absolute Gasteiger partial charge is 0.325 e. The number of ether oxygens (including phenoxy) is 1. The van der Waals surface area contributed by atoms with Crippen molar-refractivity contribution in [2.75, 3.05) is 13.3 Å². The lowest BCUT2D eigenvalue weighted by Crippen LogP contribution is -2.33. The minimum absolute atomic E-state index is 0.435. The van der Waals surface area contributed by atoms with E-state index in [4.69, 9.17) is 14.7 Å². The van der Waals surface area contributed by atoms with Gasteiger partial charge < -0.3 is 14.7 Å². The van der Waals surface area contributed by atoms with Crippen LogP contribution in [-0.4, -0.2) is 55.5 Å². The van der Waals surface area contributed by atoms with E-state index in [-0.39, 0.29) is 0 Å². The van der Waals surface area contributed by atoms with Crippen LogP contribution in [0.4, 0.5) is 4.39 Å². The molecule has 1 aliphatic heterocycles. The third-order valence-electron chi connectivity index (χ3n) is 2.02. The number of alkyl halides is 1. The molecule has 82 valence electrons. The molecule has 0 aromatic carbocycles. The Labute approximate surface area is 82.2 Å². The summed E-state index contributed by atoms with van der Waals surface area (Å²) in [5.74, 6) is 0. The van der Waals surface area contributed by atoms with Crippen molar-refractivity contribution in [2.45, 2.75) is 24.4 Å². The van der Waals surface area contributed by atoms with Gasteiger partial charge in [-0.1, -0.05) is 0 Å². The first-order valence-corrected chi connectivity index (χ1v) is 6.26. The van der Waals surface area contributed by atoms with Crippen molar-refractivity contribution in [3.8, 4) is 0 Å². The van der Waals surface area contributed by atoms with E-state index in [2.05, 4.69) is 4.52 Å². The zero-order valence-electron chi connectivity index (χ0n) is 7.96. The maximum absolute atomic E-state index is 13.4. The van der Waals surface area contributed by atoms with E-state index in [0.717, 1.165) is 6.66 Å². The van der Waals surface area contributed by atoms with Crippen molar-refractivity contribution in [2.24, 2.45) is 0 Å². The van der Waals surface area contributed by atoms with Gasteiger partial charge in [-0.15, -0.1) is 0 Å². The van der Waals surface area contributed by atoms with Gasteiger partial charge in [0.25, 0.3) is 0 Å². The molecular formula is C6H13BFO5P. The number of rotatable bonds is 3. The van der Waals surface area contributed by atoms with Crippen LogP contribution in [0.2, 0.25) is 0 Å². The minimum Gasteiger partial charge on any atom is -0.394 e. The SMILES string of the molecule is BC1OC(CO)C(OP(C)(=O)O)C1F. The molecule has 1 heterocycles. The van der Waals surface area contributed by atoms with Gasteiger partial charge in [0.1, 0.15) is 26.2 Å². The molecule has 14 heavy (non-hydrogen) atoms. The highest BCUT2D eigenvalue weighted by molar-refractivity contribution is 7.51. The molecule has 0 radical (unpaired) electrons. The average Bonchev–Trinajstić information content (AvgIpc) is 2.30. The molecule has 0 aromatic heterocycles. The fourth-order valence-electron chi connectivity index (χ4n) is 1.40. The first kappa shape index (κ1) is 12.1. The Morgan fingerprint density at radius 2 is 2.29 bits per heavy atom. The average molecular weight is 226 g/mol. The molecule has 1 fully saturated rings. The number of aliphatic hydroxyl groups is 1. The Morgan fingerprint density at radius 1 is 1.71 bits per heavy atom. The molecule has 0 bridgehead atoms. The molecule has 1 aliphatic rings. The summed E-state index contributed by atoms with van der Waals surface area (Å²) >= 11 is 0. The van der Waals surface area contributed by atoms with Crippen molar-refractivity contribution in [3.05, 3.63) is 0 Å². The zero-order chi connectivity index (χ0) is 10.9. The zero-order valence-corrected chi connectivity index (χ0v) is 8.86. The maximum Gasteiger partial charge on any atom is 0.325 e. The lowest BCUT2D eigenvalue weighted by Gasteiger charge is -2.19. The lowest BCUT2D eigenvalue weighted by atomic mass is 9.94. The van der Waals surface area contributed by atoms with E-state index in [9.17, 15) is 8.96 Å². The lowest BCUT2D eigenvalue weighted by molar-refractivity contribution is 0.000581. The topological polar surface area (TPSA) is 76.0 Å². The van der Waals surface area contributed by atoms with Crippen molar-refractivity contribution >= 4 is 15.4 Å². The van der Waals surface area contributed by atoms with Gasteiger partial charge in [0, 0.05) is 6.66 Å². The van der Waals surface area contributed by atoms with Crippen molar-refractivity contribution < 1.29 is 28.2 Å². The molecule has 0 amide bonds. The van der Waals surface area contributed by atoms with Crippen LogP contribution in [0.5, 0.6) is 0 Å². The van der Waals surface area contributed by atoms with E-state index in [0.29, 0.717) is 0 Å². The van der Waals surface area contributed by atoms with E-state index in [1.54, 1.807) is 0 Å². The van der Waals surface area contributed by atoms with Crippen LogP contribution in [0.25, 0.3) is 0 Å². The molecule has 2 N–H and O–H groups in total. The van der Waals surface area contributed by atoms with Crippen molar-refractivity contribution in [3.63, 3.8) is 0 Å². The van der Waals surface area contributed by atoms with Crippen LogP contribution in [-0.2, 0) is 13.8 Å². The monoisotopic (exact) mass is 226 g/mol. The fraction of sp³-hybridized carbons (Fsp3) is 1.00. The number of hydrogen-bond donors (Lipinski definition) is 2. The molecule has 0 spiro atoms. The summed E-state index contributed by atoms with van der Waals surface area (Å²) in [6, 6.07) is -0.733. The molecule has 1 saturated heterocycles. The second-order valence-corrected chi connectivity index (χ2v) is 5.20. The first-order valence-electron chi connectivity index (χ1n) is 4.24. The van der Waals surface area contributed by atoms with E-state index < -0.39 is 38.6 Å². The van der Waals surface area contributed by atoms with Crippen LogP contribution in [0, 0.1) is 0 Å². The van der Waals surface area contributed by atoms with E-state index in [1.807, 2.05) is 0 Å². The van der Waals surface area contributed by atoms with Crippen molar-refractivity contribution in [1.29, 1.82) is 0 Å². The van der Waals surface area contributed by atoms with Gasteiger partial charge in [-0.25, -0.2) is 4.39 Å². The van der Waals surface area contributed by atoms with Crippen LogP contribution in [0.1, 0.15) is 0 Å². The summed E-state index contributed by atoms with van der Waals surface area (Å²) in [5.41, 5.74) is 0. The van der Waals surface area contributed by atoms with Gasteiger partial charge in [0.05, 0.1) is 12.6 Å². The van der Waals surface area contributed by atoms with Crippen LogP contribution < -0.4 is 0 Å². The fourth-order valence-corrected chi connectivity index (χ4v) is 2.10. The maximum atomic E-state index is 13.4. The highest BCUT2D eigenvalue weighted by Crippen LogP contribution is 2.42. The Hall–Kier alpha value is 0.0649. The van der Waals surface area contributed by atoms with E-state index in [1.165, 1.54) is 7.85 Å². The molecular weight excluding hydrogens is 213 g/mol. The third-order valence-corrected chi connectivity index (χ3v) is 2.65. The van der Waals surface area contributed by atoms with Gasteiger partial charge in [-0.3, -0.25) is 9.09 Å². The molecule has 5 atom stereocenters. The third kappa shape index (κ3) is 2.78. The summed E-state index contributed by atoms with van der Waals surface area (Å²) in [6.07, 6.45) is -3.54. The van der Waals surface area contributed by atoms with Crippen molar-refractivity contribution in [1.82, 2.24) is 0 Å². The molecule has 5 nitrogen and oxygen atoms in total. The number of halogens is 1. The quantitative estimate of drug-likeness (QED) is 0.470. The van der Waals surface area contributed by atoms with Crippen LogP contribution >= 0.6 is 7.60 Å². The predicted molar refractivity (Wildman–Crippen MR) is 49.8 cm³/mol. The summed E-state index contributed by atoms with van der Waals surface area (Å²) < 4.78 is 33.9. The first-order chi connectivity index (χ1) is 6.35. The molecule has 0 aliphatic carbocycles. The summed E-state index contributed by atoms with van der Waals surface area (Å²) in [5, 5.41) is 8.83. The minimum atomic E-state index is -3.76. The highest BCUT2D eigenvalue weighted by Gasteiger charge is 2.45. The highest BCUT2D eigenvalue weighted by atomic mass is 31.2. The second-order valence-electron chi connectivity index (χ2n) is 3.38. The second kappa shape index (κ2) is 4.29. The Balaban J connectivity index is 2.69.